The molecule has 0 unspecified atom stereocenters. The topological polar surface area (TPSA) is 39.1 Å². The Bertz CT molecular complexity index is 522. The summed E-state index contributed by atoms with van der Waals surface area (Å²) in [6.07, 6.45) is 1.83. The van der Waals surface area contributed by atoms with Gasteiger partial charge in [0.15, 0.2) is 0 Å². The maximum atomic E-state index is 5.71. The molecule has 2 aromatic rings. The van der Waals surface area contributed by atoms with E-state index in [0.29, 0.717) is 12.6 Å². The van der Waals surface area contributed by atoms with Gasteiger partial charge in [-0.3, -0.25) is 4.68 Å². The summed E-state index contributed by atoms with van der Waals surface area (Å²) in [5.74, 6) is 0.877. The number of rotatable bonds is 7. The molecule has 0 bridgehead atoms. The lowest BCUT2D eigenvalue weighted by Gasteiger charge is -2.11. The van der Waals surface area contributed by atoms with E-state index in [-0.39, 0.29) is 0 Å². The fourth-order valence-electron chi connectivity index (χ4n) is 1.80. The molecule has 1 heterocycles. The maximum absolute atomic E-state index is 5.71. The first-order chi connectivity index (χ1) is 9.65. The van der Waals surface area contributed by atoms with E-state index in [1.807, 2.05) is 41.2 Å². The number of halogens is 1. The van der Waals surface area contributed by atoms with E-state index in [0.717, 1.165) is 23.3 Å². The molecule has 0 atom stereocenters. The van der Waals surface area contributed by atoms with Crippen LogP contribution in [0, 0.1) is 0 Å². The minimum atomic E-state index is 0.470. The second-order valence-corrected chi connectivity index (χ2v) is 5.80. The van der Waals surface area contributed by atoms with E-state index in [2.05, 4.69) is 40.2 Å². The summed E-state index contributed by atoms with van der Waals surface area (Å²) in [4.78, 5) is 0. The summed E-state index contributed by atoms with van der Waals surface area (Å²) >= 11 is 3.41. The summed E-state index contributed by atoms with van der Waals surface area (Å²) in [5, 5.41) is 7.72. The Balaban J connectivity index is 1.82. The smallest absolute Gasteiger partial charge is 0.119 e. The van der Waals surface area contributed by atoms with Crippen molar-refractivity contribution in [1.82, 2.24) is 15.1 Å². The molecule has 0 spiro atoms. The second kappa shape index (κ2) is 7.45. The molecular formula is C15H20BrN3O. The number of hydrogen-bond donors (Lipinski definition) is 1. The molecule has 4 nitrogen and oxygen atoms in total. The van der Waals surface area contributed by atoms with E-state index in [4.69, 9.17) is 4.74 Å². The normalized spacial score (nSPS) is 11.0. The van der Waals surface area contributed by atoms with Gasteiger partial charge < -0.3 is 10.1 Å². The lowest BCUT2D eigenvalue weighted by molar-refractivity contribution is 0.288. The average molecular weight is 338 g/mol. The van der Waals surface area contributed by atoms with Crippen LogP contribution in [0.4, 0.5) is 0 Å². The Morgan fingerprint density at radius 1 is 1.25 bits per heavy atom. The number of aromatic nitrogens is 2. The zero-order valence-corrected chi connectivity index (χ0v) is 13.4. The average Bonchev–Trinajstić information content (AvgIpc) is 2.86. The molecule has 0 radical (unpaired) electrons. The predicted octanol–water partition coefficient (Wildman–Crippen LogP) is 3.22. The van der Waals surface area contributed by atoms with Crippen LogP contribution in [0.5, 0.6) is 5.75 Å². The first-order valence-electron chi connectivity index (χ1n) is 6.77. The zero-order chi connectivity index (χ0) is 14.4. The van der Waals surface area contributed by atoms with Gasteiger partial charge in [-0.25, -0.2) is 0 Å². The largest absolute Gasteiger partial charge is 0.492 e. The molecule has 0 saturated carbocycles. The monoisotopic (exact) mass is 337 g/mol. The van der Waals surface area contributed by atoms with Crippen LogP contribution in [0.2, 0.25) is 0 Å². The number of nitrogens with zero attached hydrogens (tertiary/aromatic N) is 2. The van der Waals surface area contributed by atoms with Gasteiger partial charge in [0.25, 0.3) is 0 Å². The van der Waals surface area contributed by atoms with Gasteiger partial charge in [-0.1, -0.05) is 29.8 Å². The Hall–Kier alpha value is -1.33. The molecule has 1 aromatic carbocycles. The van der Waals surface area contributed by atoms with Crippen molar-refractivity contribution < 1.29 is 4.74 Å². The van der Waals surface area contributed by atoms with Crippen molar-refractivity contribution in [3.8, 4) is 5.75 Å². The van der Waals surface area contributed by atoms with Crippen molar-refractivity contribution in [3.63, 3.8) is 0 Å². The fourth-order valence-corrected chi connectivity index (χ4v) is 2.07. The minimum Gasteiger partial charge on any atom is -0.492 e. The highest BCUT2D eigenvalue weighted by Gasteiger charge is 2.03. The van der Waals surface area contributed by atoms with Crippen molar-refractivity contribution in [2.24, 2.45) is 0 Å². The minimum absolute atomic E-state index is 0.470. The van der Waals surface area contributed by atoms with Crippen LogP contribution >= 0.6 is 15.9 Å². The van der Waals surface area contributed by atoms with Gasteiger partial charge in [-0.15, -0.1) is 0 Å². The third-order valence-corrected chi connectivity index (χ3v) is 3.41. The van der Waals surface area contributed by atoms with Crippen LogP contribution in [0.15, 0.2) is 41.0 Å². The second-order valence-electron chi connectivity index (χ2n) is 4.88. The third-order valence-electron chi connectivity index (χ3n) is 2.88. The van der Waals surface area contributed by atoms with E-state index < -0.39 is 0 Å². The molecule has 20 heavy (non-hydrogen) atoms. The van der Waals surface area contributed by atoms with Crippen molar-refractivity contribution in [1.29, 1.82) is 0 Å². The van der Waals surface area contributed by atoms with Crippen molar-refractivity contribution in [2.75, 3.05) is 6.61 Å². The van der Waals surface area contributed by atoms with Crippen LogP contribution in [0.25, 0.3) is 0 Å². The van der Waals surface area contributed by atoms with Gasteiger partial charge in [-0.2, -0.15) is 5.10 Å². The highest BCUT2D eigenvalue weighted by Crippen LogP contribution is 2.16. The Morgan fingerprint density at radius 2 is 2.00 bits per heavy atom. The molecule has 0 fully saturated rings. The van der Waals surface area contributed by atoms with Gasteiger partial charge in [0.1, 0.15) is 12.4 Å². The van der Waals surface area contributed by atoms with Crippen molar-refractivity contribution in [2.45, 2.75) is 33.0 Å². The van der Waals surface area contributed by atoms with Crippen molar-refractivity contribution >= 4 is 15.9 Å². The van der Waals surface area contributed by atoms with Crippen LogP contribution in [-0.4, -0.2) is 22.4 Å². The third kappa shape index (κ3) is 4.65. The fraction of sp³-hybridized carbons (Fsp3) is 0.400. The van der Waals surface area contributed by atoms with Crippen molar-refractivity contribution in [3.05, 3.63) is 46.7 Å². The lowest BCUT2D eigenvalue weighted by Crippen LogP contribution is -2.24. The summed E-state index contributed by atoms with van der Waals surface area (Å²) in [6.45, 7) is 6.46. The summed E-state index contributed by atoms with van der Waals surface area (Å²) in [5.41, 5.74) is 1.18. The van der Waals surface area contributed by atoms with Gasteiger partial charge in [0, 0.05) is 23.3 Å². The standard InChI is InChI=1S/C15H20BrN3O/c1-12(2)17-11-14-7-8-18-19(14)9-10-20-15-5-3-13(16)4-6-15/h3-8,12,17H,9-11H2,1-2H3. The maximum Gasteiger partial charge on any atom is 0.119 e. The molecular weight excluding hydrogens is 318 g/mol. The molecule has 0 amide bonds. The zero-order valence-electron chi connectivity index (χ0n) is 11.8. The molecule has 2 rings (SSSR count). The Kier molecular flexibility index (Phi) is 5.61. The van der Waals surface area contributed by atoms with E-state index in [1.165, 1.54) is 5.69 Å². The molecule has 108 valence electrons. The highest BCUT2D eigenvalue weighted by atomic mass is 79.9. The molecule has 5 heteroatoms. The van der Waals surface area contributed by atoms with E-state index in [1.54, 1.807) is 0 Å². The first kappa shape index (κ1) is 15.1. The van der Waals surface area contributed by atoms with Crippen LogP contribution in [-0.2, 0) is 13.1 Å². The van der Waals surface area contributed by atoms with Crippen LogP contribution < -0.4 is 10.1 Å². The van der Waals surface area contributed by atoms with E-state index >= 15 is 0 Å². The van der Waals surface area contributed by atoms with Gasteiger partial charge >= 0.3 is 0 Å². The molecule has 1 N–H and O–H groups in total. The quantitative estimate of drug-likeness (QED) is 0.843. The molecule has 0 saturated heterocycles. The first-order valence-corrected chi connectivity index (χ1v) is 7.57. The van der Waals surface area contributed by atoms with Gasteiger partial charge in [0.2, 0.25) is 0 Å². The Labute approximate surface area is 128 Å². The predicted molar refractivity (Wildman–Crippen MR) is 83.8 cm³/mol. The lowest BCUT2D eigenvalue weighted by atomic mass is 10.3. The molecule has 0 aliphatic rings. The molecule has 0 aliphatic carbocycles. The van der Waals surface area contributed by atoms with E-state index in [9.17, 15) is 0 Å². The number of nitrogens with one attached hydrogen (secondary N) is 1. The summed E-state index contributed by atoms with van der Waals surface area (Å²) in [7, 11) is 0. The highest BCUT2D eigenvalue weighted by molar-refractivity contribution is 9.10. The van der Waals surface area contributed by atoms with Crippen LogP contribution in [0.1, 0.15) is 19.5 Å². The van der Waals surface area contributed by atoms with Gasteiger partial charge in [-0.05, 0) is 30.3 Å². The van der Waals surface area contributed by atoms with Gasteiger partial charge in [0.05, 0.1) is 12.2 Å². The summed E-state index contributed by atoms with van der Waals surface area (Å²) < 4.78 is 8.75. The number of hydrogen-bond acceptors (Lipinski definition) is 3. The molecule has 0 aliphatic heterocycles. The number of benzene rings is 1. The SMILES string of the molecule is CC(C)NCc1ccnn1CCOc1ccc(Br)cc1. The summed E-state index contributed by atoms with van der Waals surface area (Å²) in [6, 6.07) is 10.4. The van der Waals surface area contributed by atoms with Crippen LogP contribution in [0.3, 0.4) is 0 Å². The molecule has 1 aromatic heterocycles. The number of ether oxygens (including phenoxy) is 1. The Morgan fingerprint density at radius 3 is 2.70 bits per heavy atom.